The van der Waals surface area contributed by atoms with E-state index in [0.717, 1.165) is 6.54 Å². The van der Waals surface area contributed by atoms with E-state index in [2.05, 4.69) is 32.0 Å². The molecule has 16 heavy (non-hydrogen) atoms. The second-order valence-corrected chi connectivity index (χ2v) is 4.42. The van der Waals surface area contributed by atoms with Crippen molar-refractivity contribution in [3.8, 4) is 0 Å². The topological polar surface area (TPSA) is 46.3 Å². The third-order valence-corrected chi connectivity index (χ3v) is 2.99. The Kier molecular flexibility index (Phi) is 4.07. The van der Waals surface area contributed by atoms with Gasteiger partial charge in [0.05, 0.1) is 6.04 Å². The van der Waals surface area contributed by atoms with Gasteiger partial charge in [-0.3, -0.25) is 9.69 Å². The Labute approximate surface area is 97.2 Å². The van der Waals surface area contributed by atoms with Gasteiger partial charge in [0.15, 0.2) is 0 Å². The molecule has 0 aliphatic carbocycles. The molecule has 88 valence electrons. The lowest BCUT2D eigenvalue weighted by Gasteiger charge is -2.22. The number of nitrogens with two attached hydrogens (primary N) is 1. The summed E-state index contributed by atoms with van der Waals surface area (Å²) in [5.41, 5.74) is 9.02. The first-order valence-electron chi connectivity index (χ1n) is 5.47. The van der Waals surface area contributed by atoms with E-state index in [0.29, 0.717) is 0 Å². The Bertz CT molecular complexity index is 388. The Balaban J connectivity index is 2.77. The molecule has 1 atom stereocenters. The molecule has 1 amide bonds. The minimum absolute atomic E-state index is 0.235. The van der Waals surface area contributed by atoms with Gasteiger partial charge in [-0.05, 0) is 38.9 Å². The van der Waals surface area contributed by atoms with Gasteiger partial charge in [-0.2, -0.15) is 0 Å². The van der Waals surface area contributed by atoms with Crippen LogP contribution in [0.3, 0.4) is 0 Å². The molecule has 1 aromatic carbocycles. The minimum atomic E-state index is -0.285. The standard InChI is InChI=1S/C13H20N2O/c1-9-5-6-12(10(2)7-9)8-15(4)11(3)13(14)16/h5-7,11H,8H2,1-4H3,(H2,14,16)/t11-/m1/s1. The second kappa shape index (κ2) is 5.12. The fourth-order valence-electron chi connectivity index (χ4n) is 1.65. The molecule has 3 nitrogen and oxygen atoms in total. The molecular formula is C13H20N2O. The molecule has 3 heteroatoms. The molecule has 2 N–H and O–H groups in total. The first-order valence-corrected chi connectivity index (χ1v) is 5.47. The van der Waals surface area contributed by atoms with Crippen LogP contribution in [0.5, 0.6) is 0 Å². The molecule has 0 heterocycles. The quantitative estimate of drug-likeness (QED) is 0.838. The average Bonchev–Trinajstić information content (AvgIpc) is 2.20. The van der Waals surface area contributed by atoms with Crippen molar-refractivity contribution in [2.75, 3.05) is 7.05 Å². The zero-order valence-corrected chi connectivity index (χ0v) is 10.4. The predicted octanol–water partition coefficient (Wildman–Crippen LogP) is 1.61. The van der Waals surface area contributed by atoms with Crippen molar-refractivity contribution in [2.45, 2.75) is 33.4 Å². The molecule has 0 spiro atoms. The number of carbonyl (C=O) groups excluding carboxylic acids is 1. The van der Waals surface area contributed by atoms with Gasteiger partial charge < -0.3 is 5.73 Å². The van der Waals surface area contributed by atoms with E-state index in [4.69, 9.17) is 5.73 Å². The van der Waals surface area contributed by atoms with Crippen LogP contribution in [0.2, 0.25) is 0 Å². The number of nitrogens with zero attached hydrogens (tertiary/aromatic N) is 1. The largest absolute Gasteiger partial charge is 0.368 e. The highest BCUT2D eigenvalue weighted by Gasteiger charge is 2.15. The summed E-state index contributed by atoms with van der Waals surface area (Å²) in [5.74, 6) is -0.285. The minimum Gasteiger partial charge on any atom is -0.368 e. The number of benzene rings is 1. The molecule has 0 saturated heterocycles. The van der Waals surface area contributed by atoms with E-state index < -0.39 is 0 Å². The van der Waals surface area contributed by atoms with Crippen LogP contribution in [0.1, 0.15) is 23.6 Å². The van der Waals surface area contributed by atoms with E-state index in [-0.39, 0.29) is 11.9 Å². The van der Waals surface area contributed by atoms with Gasteiger partial charge in [0.25, 0.3) is 0 Å². The van der Waals surface area contributed by atoms with Crippen molar-refractivity contribution < 1.29 is 4.79 Å². The highest BCUT2D eigenvalue weighted by molar-refractivity contribution is 5.79. The number of carbonyl (C=O) groups is 1. The summed E-state index contributed by atoms with van der Waals surface area (Å²) >= 11 is 0. The van der Waals surface area contributed by atoms with Gasteiger partial charge in [0.2, 0.25) is 5.91 Å². The molecule has 0 bridgehead atoms. The molecular weight excluding hydrogens is 200 g/mol. The van der Waals surface area contributed by atoms with Crippen LogP contribution in [0.15, 0.2) is 18.2 Å². The highest BCUT2D eigenvalue weighted by Crippen LogP contribution is 2.13. The van der Waals surface area contributed by atoms with E-state index in [1.165, 1.54) is 16.7 Å². The lowest BCUT2D eigenvalue weighted by atomic mass is 10.0. The Morgan fingerprint density at radius 1 is 1.44 bits per heavy atom. The fourth-order valence-corrected chi connectivity index (χ4v) is 1.65. The maximum Gasteiger partial charge on any atom is 0.234 e. The van der Waals surface area contributed by atoms with Crippen molar-refractivity contribution in [3.05, 3.63) is 34.9 Å². The van der Waals surface area contributed by atoms with Crippen LogP contribution >= 0.6 is 0 Å². The first-order chi connectivity index (χ1) is 7.41. The first kappa shape index (κ1) is 12.7. The summed E-state index contributed by atoms with van der Waals surface area (Å²) in [6.07, 6.45) is 0. The van der Waals surface area contributed by atoms with Crippen molar-refractivity contribution in [1.29, 1.82) is 0 Å². The summed E-state index contributed by atoms with van der Waals surface area (Å²) in [6, 6.07) is 6.11. The molecule has 0 saturated carbocycles. The normalized spacial score (nSPS) is 12.8. The third-order valence-electron chi connectivity index (χ3n) is 2.99. The van der Waals surface area contributed by atoms with Crippen molar-refractivity contribution in [1.82, 2.24) is 4.90 Å². The number of likely N-dealkylation sites (N-methyl/N-ethyl adjacent to an activating group) is 1. The molecule has 0 aliphatic heterocycles. The molecule has 1 rings (SSSR count). The number of hydrogen-bond donors (Lipinski definition) is 1. The van der Waals surface area contributed by atoms with Crippen molar-refractivity contribution in [2.24, 2.45) is 5.73 Å². The van der Waals surface area contributed by atoms with Crippen LogP contribution in [-0.4, -0.2) is 23.9 Å². The number of rotatable bonds is 4. The smallest absolute Gasteiger partial charge is 0.234 e. The lowest BCUT2D eigenvalue weighted by Crippen LogP contribution is -2.39. The summed E-state index contributed by atoms with van der Waals surface area (Å²) in [4.78, 5) is 13.0. The Hall–Kier alpha value is -1.35. The zero-order chi connectivity index (χ0) is 12.3. The fraction of sp³-hybridized carbons (Fsp3) is 0.462. The third kappa shape index (κ3) is 3.07. The second-order valence-electron chi connectivity index (χ2n) is 4.42. The number of hydrogen-bond acceptors (Lipinski definition) is 2. The molecule has 0 aromatic heterocycles. The molecule has 0 aliphatic rings. The molecule has 0 unspecified atom stereocenters. The predicted molar refractivity (Wildman–Crippen MR) is 66.0 cm³/mol. The van der Waals surface area contributed by atoms with Gasteiger partial charge in [0, 0.05) is 6.54 Å². The summed E-state index contributed by atoms with van der Waals surface area (Å²) < 4.78 is 0. The number of aryl methyl sites for hydroxylation is 2. The Morgan fingerprint density at radius 2 is 2.06 bits per heavy atom. The number of amides is 1. The summed E-state index contributed by atoms with van der Waals surface area (Å²) in [5, 5.41) is 0. The van der Waals surface area contributed by atoms with Crippen LogP contribution in [-0.2, 0) is 11.3 Å². The average molecular weight is 220 g/mol. The van der Waals surface area contributed by atoms with Crippen LogP contribution in [0, 0.1) is 13.8 Å². The summed E-state index contributed by atoms with van der Waals surface area (Å²) in [7, 11) is 1.91. The van der Waals surface area contributed by atoms with Gasteiger partial charge in [0.1, 0.15) is 0 Å². The lowest BCUT2D eigenvalue weighted by molar-refractivity contribution is -0.122. The van der Waals surface area contributed by atoms with Crippen molar-refractivity contribution in [3.63, 3.8) is 0 Å². The van der Waals surface area contributed by atoms with Gasteiger partial charge >= 0.3 is 0 Å². The maximum absolute atomic E-state index is 11.1. The van der Waals surface area contributed by atoms with Crippen LogP contribution in [0.4, 0.5) is 0 Å². The van der Waals surface area contributed by atoms with Gasteiger partial charge in [-0.1, -0.05) is 23.8 Å². The van der Waals surface area contributed by atoms with E-state index >= 15 is 0 Å². The van der Waals surface area contributed by atoms with Gasteiger partial charge in [-0.15, -0.1) is 0 Å². The van der Waals surface area contributed by atoms with Crippen LogP contribution in [0.25, 0.3) is 0 Å². The SMILES string of the molecule is Cc1ccc(CN(C)[C@H](C)C(N)=O)c(C)c1. The van der Waals surface area contributed by atoms with E-state index in [9.17, 15) is 4.79 Å². The highest BCUT2D eigenvalue weighted by atomic mass is 16.1. The van der Waals surface area contributed by atoms with Crippen molar-refractivity contribution >= 4 is 5.91 Å². The zero-order valence-electron chi connectivity index (χ0n) is 10.4. The monoisotopic (exact) mass is 220 g/mol. The summed E-state index contributed by atoms with van der Waals surface area (Å²) in [6.45, 7) is 6.74. The maximum atomic E-state index is 11.1. The molecule has 1 aromatic rings. The number of primary amides is 1. The molecule has 0 radical (unpaired) electrons. The molecule has 0 fully saturated rings. The Morgan fingerprint density at radius 3 is 2.56 bits per heavy atom. The van der Waals surface area contributed by atoms with E-state index in [1.54, 1.807) is 0 Å². The van der Waals surface area contributed by atoms with Crippen LogP contribution < -0.4 is 5.73 Å². The van der Waals surface area contributed by atoms with E-state index in [1.807, 2.05) is 18.9 Å². The van der Waals surface area contributed by atoms with Gasteiger partial charge in [-0.25, -0.2) is 0 Å².